The van der Waals surface area contributed by atoms with Gasteiger partial charge in [0.15, 0.2) is 0 Å². The van der Waals surface area contributed by atoms with Gasteiger partial charge in [-0.15, -0.1) is 0 Å². The van der Waals surface area contributed by atoms with Crippen molar-refractivity contribution in [1.82, 2.24) is 0 Å². The molecule has 2 rings (SSSR count). The lowest BCUT2D eigenvalue weighted by Crippen LogP contribution is -2.45. The van der Waals surface area contributed by atoms with Crippen LogP contribution in [0.15, 0.2) is 48.2 Å². The highest BCUT2D eigenvalue weighted by Gasteiger charge is 2.35. The van der Waals surface area contributed by atoms with Crippen LogP contribution in [0.1, 0.15) is 32.8 Å². The normalized spacial score (nSPS) is 14.5. The first-order chi connectivity index (χ1) is 11.2. The Morgan fingerprint density at radius 3 is 2.46 bits per heavy atom. The molecule has 0 aliphatic heterocycles. The molecule has 24 heavy (non-hydrogen) atoms. The predicted molar refractivity (Wildman–Crippen MR) is 106 cm³/mol. The SMILES string of the molecule is C=CCOc1c(C(C)(C)C)cc(OC)cc1[Si](C)(C)C1=CC=CC1. The summed E-state index contributed by atoms with van der Waals surface area (Å²) in [7, 11) is -0.103. The van der Waals surface area contributed by atoms with E-state index in [1.165, 1.54) is 15.9 Å². The van der Waals surface area contributed by atoms with E-state index in [2.05, 4.69) is 70.8 Å². The van der Waals surface area contributed by atoms with Crippen molar-refractivity contribution >= 4 is 13.3 Å². The number of hydrogen-bond acceptors (Lipinski definition) is 2. The van der Waals surface area contributed by atoms with E-state index in [0.717, 1.165) is 17.9 Å². The van der Waals surface area contributed by atoms with Gasteiger partial charge >= 0.3 is 0 Å². The highest BCUT2D eigenvalue weighted by atomic mass is 28.3. The molecule has 0 fully saturated rings. The monoisotopic (exact) mass is 342 g/mol. The second-order valence-electron chi connectivity index (χ2n) is 7.85. The van der Waals surface area contributed by atoms with Crippen molar-refractivity contribution < 1.29 is 9.47 Å². The molecular weight excluding hydrogens is 312 g/mol. The Morgan fingerprint density at radius 2 is 1.96 bits per heavy atom. The van der Waals surface area contributed by atoms with E-state index in [0.29, 0.717) is 6.61 Å². The summed E-state index contributed by atoms with van der Waals surface area (Å²) in [6.07, 6.45) is 9.53. The van der Waals surface area contributed by atoms with Gasteiger partial charge in [-0.25, -0.2) is 0 Å². The summed E-state index contributed by atoms with van der Waals surface area (Å²) in [6.45, 7) is 15.8. The second-order valence-corrected chi connectivity index (χ2v) is 12.3. The van der Waals surface area contributed by atoms with Crippen molar-refractivity contribution in [2.75, 3.05) is 13.7 Å². The van der Waals surface area contributed by atoms with E-state index in [-0.39, 0.29) is 5.41 Å². The molecule has 0 spiro atoms. The lowest BCUT2D eigenvalue weighted by molar-refractivity contribution is 0.351. The molecule has 0 amide bonds. The molecular formula is C21H30O2Si. The van der Waals surface area contributed by atoms with Crippen LogP contribution in [0.4, 0.5) is 0 Å². The molecule has 3 heteroatoms. The van der Waals surface area contributed by atoms with Gasteiger partial charge in [0.05, 0.1) is 7.11 Å². The number of benzene rings is 1. The molecule has 1 aromatic carbocycles. The van der Waals surface area contributed by atoms with Crippen LogP contribution in [-0.4, -0.2) is 21.8 Å². The third-order valence-corrected chi connectivity index (χ3v) is 8.39. The van der Waals surface area contributed by atoms with Crippen LogP contribution in [0.3, 0.4) is 0 Å². The molecule has 0 bridgehead atoms. The lowest BCUT2D eigenvalue weighted by atomic mass is 9.86. The van der Waals surface area contributed by atoms with Crippen molar-refractivity contribution in [2.45, 2.75) is 45.7 Å². The van der Waals surface area contributed by atoms with E-state index in [9.17, 15) is 0 Å². The Hall–Kier alpha value is -1.74. The quantitative estimate of drug-likeness (QED) is 0.541. The minimum atomic E-state index is -1.84. The van der Waals surface area contributed by atoms with Gasteiger partial charge in [-0.2, -0.15) is 0 Å². The zero-order chi connectivity index (χ0) is 18.0. The smallest absolute Gasteiger partial charge is 0.123 e. The first-order valence-corrected chi connectivity index (χ1v) is 11.5. The van der Waals surface area contributed by atoms with Crippen molar-refractivity contribution in [3.63, 3.8) is 0 Å². The highest BCUT2D eigenvalue weighted by Crippen LogP contribution is 2.36. The minimum absolute atomic E-state index is 0.0212. The van der Waals surface area contributed by atoms with Crippen LogP contribution >= 0.6 is 0 Å². The number of allylic oxidation sites excluding steroid dienone is 4. The van der Waals surface area contributed by atoms with Gasteiger partial charge in [0.1, 0.15) is 26.2 Å². The molecule has 1 aromatic rings. The molecule has 0 saturated heterocycles. The Morgan fingerprint density at radius 1 is 1.25 bits per heavy atom. The van der Waals surface area contributed by atoms with Gasteiger partial charge in [0.25, 0.3) is 0 Å². The van der Waals surface area contributed by atoms with E-state index < -0.39 is 8.07 Å². The maximum atomic E-state index is 6.20. The first-order valence-electron chi connectivity index (χ1n) is 8.54. The summed E-state index contributed by atoms with van der Waals surface area (Å²) in [5.74, 6) is 1.93. The molecule has 0 N–H and O–H groups in total. The van der Waals surface area contributed by atoms with Crippen LogP contribution in [0.5, 0.6) is 11.5 Å². The molecule has 1 aliphatic rings. The van der Waals surface area contributed by atoms with Crippen LogP contribution in [0.2, 0.25) is 13.1 Å². The number of rotatable bonds is 6. The fraction of sp³-hybridized carbons (Fsp3) is 0.429. The van der Waals surface area contributed by atoms with Crippen LogP contribution in [0.25, 0.3) is 0 Å². The lowest BCUT2D eigenvalue weighted by Gasteiger charge is -2.32. The summed E-state index contributed by atoms with van der Waals surface area (Å²) in [5, 5.41) is 2.84. The summed E-state index contributed by atoms with van der Waals surface area (Å²) < 4.78 is 11.8. The fourth-order valence-corrected chi connectivity index (χ4v) is 5.89. The molecule has 0 saturated carbocycles. The number of ether oxygens (including phenoxy) is 2. The van der Waals surface area contributed by atoms with Crippen LogP contribution < -0.4 is 14.7 Å². The van der Waals surface area contributed by atoms with Crippen molar-refractivity contribution in [3.05, 3.63) is 53.8 Å². The van der Waals surface area contributed by atoms with Crippen molar-refractivity contribution in [1.29, 1.82) is 0 Å². The van der Waals surface area contributed by atoms with Gasteiger partial charge < -0.3 is 9.47 Å². The average molecular weight is 343 g/mol. The van der Waals surface area contributed by atoms with E-state index in [1.807, 2.05) is 6.08 Å². The molecule has 130 valence electrons. The molecule has 0 unspecified atom stereocenters. The van der Waals surface area contributed by atoms with Crippen LogP contribution in [-0.2, 0) is 5.41 Å². The van der Waals surface area contributed by atoms with Gasteiger partial charge in [-0.05, 0) is 29.2 Å². The highest BCUT2D eigenvalue weighted by molar-refractivity contribution is 6.96. The van der Waals surface area contributed by atoms with Crippen LogP contribution in [0, 0.1) is 0 Å². The predicted octanol–water partition coefficient (Wildman–Crippen LogP) is 4.90. The summed E-state index contributed by atoms with van der Waals surface area (Å²) in [4.78, 5) is 0. The third kappa shape index (κ3) is 3.67. The van der Waals surface area contributed by atoms with Crippen molar-refractivity contribution in [3.8, 4) is 11.5 Å². The largest absolute Gasteiger partial charge is 0.497 e. The molecule has 1 aliphatic carbocycles. The summed E-state index contributed by atoms with van der Waals surface area (Å²) >= 11 is 0. The first kappa shape index (κ1) is 18.6. The number of methoxy groups -OCH3 is 1. The summed E-state index contributed by atoms with van der Waals surface area (Å²) in [6, 6.07) is 4.30. The topological polar surface area (TPSA) is 18.5 Å². The summed E-state index contributed by atoms with van der Waals surface area (Å²) in [5.41, 5.74) is 1.18. The third-order valence-electron chi connectivity index (χ3n) is 4.70. The maximum Gasteiger partial charge on any atom is 0.123 e. The van der Waals surface area contributed by atoms with E-state index in [4.69, 9.17) is 9.47 Å². The standard InChI is InChI=1S/C21H30O2Si/c1-8-13-23-20-18(21(2,3)4)14-16(22-5)15-19(20)24(6,7)17-11-9-10-12-17/h8-11,14-15H,1,12-13H2,2-7H3. The fourth-order valence-electron chi connectivity index (χ4n) is 3.12. The second kappa shape index (κ2) is 7.02. The molecule has 0 atom stereocenters. The Labute approximate surface area is 147 Å². The Balaban J connectivity index is 2.69. The molecule has 0 heterocycles. The number of hydrogen-bond donors (Lipinski definition) is 0. The van der Waals surface area contributed by atoms with E-state index >= 15 is 0 Å². The molecule has 2 nitrogen and oxygen atoms in total. The Bertz CT molecular complexity index is 676. The Kier molecular flexibility index (Phi) is 5.44. The van der Waals surface area contributed by atoms with E-state index in [1.54, 1.807) is 7.11 Å². The van der Waals surface area contributed by atoms with Gasteiger partial charge in [0, 0.05) is 5.56 Å². The zero-order valence-electron chi connectivity index (χ0n) is 15.9. The average Bonchev–Trinajstić information content (AvgIpc) is 3.06. The van der Waals surface area contributed by atoms with Gasteiger partial charge in [-0.1, -0.05) is 69.9 Å². The molecule has 0 aromatic heterocycles. The zero-order valence-corrected chi connectivity index (χ0v) is 16.9. The minimum Gasteiger partial charge on any atom is -0.497 e. The molecule has 0 radical (unpaired) electrons. The van der Waals surface area contributed by atoms with Gasteiger partial charge in [-0.3, -0.25) is 0 Å². The van der Waals surface area contributed by atoms with Gasteiger partial charge in [0.2, 0.25) is 0 Å². The van der Waals surface area contributed by atoms with Crippen molar-refractivity contribution in [2.24, 2.45) is 0 Å². The maximum absolute atomic E-state index is 6.20.